The molecule has 1 atom stereocenters. The van der Waals surface area contributed by atoms with Gasteiger partial charge < -0.3 is 10.6 Å². The predicted molar refractivity (Wildman–Crippen MR) is 90.4 cm³/mol. The van der Waals surface area contributed by atoms with E-state index in [1.54, 1.807) is 16.0 Å². The third-order valence-electron chi connectivity index (χ3n) is 4.08. The van der Waals surface area contributed by atoms with Gasteiger partial charge in [0.1, 0.15) is 11.6 Å². The Morgan fingerprint density at radius 2 is 2.48 bits per heavy atom. The molecule has 6 nitrogen and oxygen atoms in total. The average molecular weight is 333 g/mol. The second-order valence-electron chi connectivity index (χ2n) is 5.84. The second kappa shape index (κ2) is 7.70. The largest absolute Gasteiger partial charge is 0.348 e. The van der Waals surface area contributed by atoms with Crippen molar-refractivity contribution in [3.05, 3.63) is 34.0 Å². The summed E-state index contributed by atoms with van der Waals surface area (Å²) in [6.45, 7) is 4.90. The minimum absolute atomic E-state index is 0.0327. The first-order chi connectivity index (χ1) is 11.2. The molecule has 3 rings (SSSR count). The average Bonchev–Trinajstić information content (AvgIpc) is 3.23. The van der Waals surface area contributed by atoms with Crippen molar-refractivity contribution >= 4 is 17.2 Å². The van der Waals surface area contributed by atoms with Crippen LogP contribution in [0.1, 0.15) is 42.1 Å². The van der Waals surface area contributed by atoms with E-state index in [-0.39, 0.29) is 12.5 Å². The Bertz CT molecular complexity index is 644. The van der Waals surface area contributed by atoms with E-state index < -0.39 is 0 Å². The van der Waals surface area contributed by atoms with Gasteiger partial charge >= 0.3 is 0 Å². The van der Waals surface area contributed by atoms with Crippen molar-refractivity contribution in [2.24, 2.45) is 0 Å². The monoisotopic (exact) mass is 333 g/mol. The molecule has 1 fully saturated rings. The van der Waals surface area contributed by atoms with E-state index >= 15 is 0 Å². The summed E-state index contributed by atoms with van der Waals surface area (Å²) in [6.07, 6.45) is 5.17. The number of carbonyl (C=O) groups is 1. The van der Waals surface area contributed by atoms with Crippen molar-refractivity contribution in [1.82, 2.24) is 25.4 Å². The number of aryl methyl sites for hydroxylation is 1. The summed E-state index contributed by atoms with van der Waals surface area (Å²) in [5, 5.41) is 13.8. The number of nitrogens with zero attached hydrogens (tertiary/aromatic N) is 3. The standard InChI is InChI=1S/C16H23N5OS/c1-2-13-11-23-16(19-13)9-18-15(22)10-21-7-5-14(20-21)12-4-3-6-17-8-12/h5,7,11-12,17H,2-4,6,8-10H2,1H3,(H,18,22)/t12-/m1/s1. The van der Waals surface area contributed by atoms with Gasteiger partial charge in [-0.1, -0.05) is 6.92 Å². The second-order valence-corrected chi connectivity index (χ2v) is 6.79. The van der Waals surface area contributed by atoms with Crippen molar-refractivity contribution in [1.29, 1.82) is 0 Å². The molecule has 1 amide bonds. The summed E-state index contributed by atoms with van der Waals surface area (Å²) < 4.78 is 1.72. The number of aromatic nitrogens is 3. The van der Waals surface area contributed by atoms with E-state index in [9.17, 15) is 4.79 Å². The van der Waals surface area contributed by atoms with Crippen LogP contribution in [0.4, 0.5) is 0 Å². The van der Waals surface area contributed by atoms with Crippen LogP contribution in [0.15, 0.2) is 17.6 Å². The van der Waals surface area contributed by atoms with Gasteiger partial charge in [0.2, 0.25) is 5.91 Å². The van der Waals surface area contributed by atoms with Gasteiger partial charge in [-0.25, -0.2) is 4.98 Å². The first-order valence-electron chi connectivity index (χ1n) is 8.18. The maximum atomic E-state index is 12.0. The topological polar surface area (TPSA) is 71.8 Å². The Morgan fingerprint density at radius 1 is 1.57 bits per heavy atom. The zero-order chi connectivity index (χ0) is 16.1. The fourth-order valence-electron chi connectivity index (χ4n) is 2.76. The minimum atomic E-state index is -0.0327. The van der Waals surface area contributed by atoms with Gasteiger partial charge in [0, 0.05) is 24.0 Å². The lowest BCUT2D eigenvalue weighted by Crippen LogP contribution is -2.29. The maximum Gasteiger partial charge on any atom is 0.242 e. The van der Waals surface area contributed by atoms with E-state index in [0.717, 1.165) is 35.9 Å². The Labute approximate surface area is 140 Å². The molecule has 0 spiro atoms. The van der Waals surface area contributed by atoms with Crippen LogP contribution in [-0.4, -0.2) is 33.8 Å². The highest BCUT2D eigenvalue weighted by atomic mass is 32.1. The molecule has 0 aromatic carbocycles. The van der Waals surface area contributed by atoms with Crippen LogP contribution in [0.25, 0.3) is 0 Å². The first kappa shape index (κ1) is 16.1. The highest BCUT2D eigenvalue weighted by Gasteiger charge is 2.17. The van der Waals surface area contributed by atoms with E-state index in [2.05, 4.69) is 27.6 Å². The number of carbonyl (C=O) groups excluding carboxylic acids is 1. The lowest BCUT2D eigenvalue weighted by atomic mass is 9.97. The van der Waals surface area contributed by atoms with E-state index in [1.165, 1.54) is 12.8 Å². The van der Waals surface area contributed by atoms with Crippen LogP contribution in [0.5, 0.6) is 0 Å². The third-order valence-corrected chi connectivity index (χ3v) is 4.98. The molecular formula is C16H23N5OS. The normalized spacial score (nSPS) is 18.0. The molecule has 0 aliphatic carbocycles. The SMILES string of the molecule is CCc1csc(CNC(=O)Cn2ccc([C@@H]3CCCNC3)n2)n1. The molecule has 7 heteroatoms. The van der Waals surface area contributed by atoms with E-state index in [4.69, 9.17) is 0 Å². The molecule has 124 valence electrons. The Hall–Kier alpha value is -1.73. The van der Waals surface area contributed by atoms with Gasteiger partial charge in [-0.15, -0.1) is 11.3 Å². The summed E-state index contributed by atoms with van der Waals surface area (Å²) in [6, 6.07) is 2.03. The molecule has 1 aliphatic heterocycles. The number of hydrogen-bond donors (Lipinski definition) is 2. The van der Waals surface area contributed by atoms with Crippen LogP contribution in [-0.2, 0) is 24.3 Å². The van der Waals surface area contributed by atoms with E-state index in [0.29, 0.717) is 12.5 Å². The lowest BCUT2D eigenvalue weighted by Gasteiger charge is -2.20. The predicted octanol–water partition coefficient (Wildman–Crippen LogP) is 1.69. The molecule has 2 aromatic heterocycles. The zero-order valence-corrected chi connectivity index (χ0v) is 14.2. The van der Waals surface area contributed by atoms with Crippen molar-refractivity contribution < 1.29 is 4.79 Å². The van der Waals surface area contributed by atoms with Crippen LogP contribution in [0.2, 0.25) is 0 Å². The van der Waals surface area contributed by atoms with Crippen molar-refractivity contribution in [3.8, 4) is 0 Å². The number of hydrogen-bond acceptors (Lipinski definition) is 5. The van der Waals surface area contributed by atoms with Crippen LogP contribution in [0, 0.1) is 0 Å². The molecule has 2 aromatic rings. The number of rotatable bonds is 6. The Balaban J connectivity index is 1.48. The van der Waals surface area contributed by atoms with Gasteiger partial charge in [-0.3, -0.25) is 9.48 Å². The molecule has 0 radical (unpaired) electrons. The summed E-state index contributed by atoms with van der Waals surface area (Å²) >= 11 is 1.59. The molecule has 1 saturated heterocycles. The van der Waals surface area contributed by atoms with Crippen molar-refractivity contribution in [2.75, 3.05) is 13.1 Å². The Kier molecular flexibility index (Phi) is 5.40. The highest BCUT2D eigenvalue weighted by Crippen LogP contribution is 2.21. The zero-order valence-electron chi connectivity index (χ0n) is 13.4. The Morgan fingerprint density at radius 3 is 3.22 bits per heavy atom. The van der Waals surface area contributed by atoms with E-state index in [1.807, 2.05) is 17.6 Å². The molecular weight excluding hydrogens is 310 g/mol. The fourth-order valence-corrected chi connectivity index (χ4v) is 3.57. The van der Waals surface area contributed by atoms with Gasteiger partial charge in [0.25, 0.3) is 0 Å². The summed E-state index contributed by atoms with van der Waals surface area (Å²) in [5.74, 6) is 0.436. The number of amides is 1. The highest BCUT2D eigenvalue weighted by molar-refractivity contribution is 7.09. The minimum Gasteiger partial charge on any atom is -0.348 e. The van der Waals surface area contributed by atoms with Crippen LogP contribution >= 0.6 is 11.3 Å². The summed E-state index contributed by atoms with van der Waals surface area (Å²) in [7, 11) is 0. The quantitative estimate of drug-likeness (QED) is 0.844. The molecule has 1 aliphatic rings. The molecule has 0 unspecified atom stereocenters. The van der Waals surface area contributed by atoms with Gasteiger partial charge in [-0.05, 0) is 31.9 Å². The molecule has 23 heavy (non-hydrogen) atoms. The molecule has 0 bridgehead atoms. The number of piperidine rings is 1. The molecule has 3 heterocycles. The lowest BCUT2D eigenvalue weighted by molar-refractivity contribution is -0.122. The summed E-state index contributed by atoms with van der Waals surface area (Å²) in [5.41, 5.74) is 2.16. The van der Waals surface area contributed by atoms with Crippen molar-refractivity contribution in [2.45, 2.75) is 45.2 Å². The van der Waals surface area contributed by atoms with Gasteiger partial charge in [0.15, 0.2) is 0 Å². The first-order valence-corrected chi connectivity index (χ1v) is 9.06. The molecule has 2 N–H and O–H groups in total. The molecule has 0 saturated carbocycles. The fraction of sp³-hybridized carbons (Fsp3) is 0.562. The smallest absolute Gasteiger partial charge is 0.242 e. The van der Waals surface area contributed by atoms with Crippen LogP contribution in [0.3, 0.4) is 0 Å². The number of nitrogens with one attached hydrogen (secondary N) is 2. The summed E-state index contributed by atoms with van der Waals surface area (Å²) in [4.78, 5) is 16.5. The van der Waals surface area contributed by atoms with Crippen LogP contribution < -0.4 is 10.6 Å². The third kappa shape index (κ3) is 4.39. The van der Waals surface area contributed by atoms with Gasteiger partial charge in [0.05, 0.1) is 17.9 Å². The van der Waals surface area contributed by atoms with Crippen molar-refractivity contribution in [3.63, 3.8) is 0 Å². The maximum absolute atomic E-state index is 12.0. The van der Waals surface area contributed by atoms with Gasteiger partial charge in [-0.2, -0.15) is 5.10 Å². The number of thiazole rings is 1.